The van der Waals surface area contributed by atoms with Crippen LogP contribution in [0.4, 0.5) is 0 Å². The van der Waals surface area contributed by atoms with Crippen LogP contribution in [0.3, 0.4) is 0 Å². The quantitative estimate of drug-likeness (QED) is 0.217. The fraction of sp³-hybridized carbons (Fsp3) is 0.455. The molecule has 0 bridgehead atoms. The van der Waals surface area contributed by atoms with Crippen LogP contribution in [0.25, 0.3) is 10.4 Å². The van der Waals surface area contributed by atoms with Gasteiger partial charge in [-0.15, -0.1) is 0 Å². The Kier molecular flexibility index (Phi) is 6.31. The number of rotatable bonds is 7. The largest absolute Gasteiger partial charge is 0.497 e. The number of hydrogen-bond acceptors (Lipinski definition) is 5. The Balaban J connectivity index is 2.08. The number of nitrogens with zero attached hydrogens (tertiary/aromatic N) is 3. The highest BCUT2D eigenvalue weighted by Gasteiger charge is 2.41. The molecule has 0 aromatic heterocycles. The molecule has 0 unspecified atom stereocenters. The van der Waals surface area contributed by atoms with Gasteiger partial charge in [0.25, 0.3) is 0 Å². The molecule has 30 heavy (non-hydrogen) atoms. The first kappa shape index (κ1) is 22.0. The van der Waals surface area contributed by atoms with E-state index < -0.39 is 20.5 Å². The Bertz CT molecular complexity index is 934. The number of ether oxygens (including phenoxy) is 3. The number of methoxy groups -OCH3 is 1. The third-order valence-electron chi connectivity index (χ3n) is 5.87. The van der Waals surface area contributed by atoms with Gasteiger partial charge in [0.15, 0.2) is 19.8 Å². The van der Waals surface area contributed by atoms with E-state index >= 15 is 0 Å². The van der Waals surface area contributed by atoms with Gasteiger partial charge in [-0.1, -0.05) is 44.1 Å². The van der Waals surface area contributed by atoms with E-state index in [1.807, 2.05) is 42.5 Å². The van der Waals surface area contributed by atoms with Gasteiger partial charge in [-0.25, -0.2) is 0 Å². The summed E-state index contributed by atoms with van der Waals surface area (Å²) in [4.78, 5) is 3.14. The monoisotopic (exact) mass is 427 g/mol. The molecule has 0 saturated carbocycles. The minimum absolute atomic E-state index is 0.0115. The molecule has 2 aromatic rings. The van der Waals surface area contributed by atoms with Crippen molar-refractivity contribution in [1.82, 2.24) is 0 Å². The first-order chi connectivity index (χ1) is 14.2. The highest BCUT2D eigenvalue weighted by Crippen LogP contribution is 2.46. The third-order valence-corrected chi connectivity index (χ3v) is 10.3. The molecule has 1 heterocycles. The van der Waals surface area contributed by atoms with Gasteiger partial charge in [-0.05, 0) is 59.1 Å². The molecule has 0 aliphatic carbocycles. The van der Waals surface area contributed by atoms with Crippen molar-refractivity contribution in [3.63, 3.8) is 0 Å². The van der Waals surface area contributed by atoms with Gasteiger partial charge in [0, 0.05) is 4.91 Å². The number of fused-ring (bicyclic) bond motifs is 1. The number of hydrogen-bond donors (Lipinski definition) is 0. The van der Waals surface area contributed by atoms with E-state index in [1.165, 1.54) is 0 Å². The minimum atomic E-state index is -2.20. The Morgan fingerprint density at radius 2 is 1.67 bits per heavy atom. The van der Waals surface area contributed by atoms with Crippen molar-refractivity contribution in [2.75, 3.05) is 13.9 Å². The molecule has 0 amide bonds. The summed E-state index contributed by atoms with van der Waals surface area (Å²) < 4.78 is 23.1. The second kappa shape index (κ2) is 8.59. The molecule has 1 aliphatic heterocycles. The Hall–Kier alpha value is -2.67. The van der Waals surface area contributed by atoms with Crippen molar-refractivity contribution >= 4 is 8.32 Å². The zero-order valence-electron chi connectivity index (χ0n) is 18.4. The van der Waals surface area contributed by atoms with Crippen molar-refractivity contribution < 1.29 is 18.6 Å². The fourth-order valence-electron chi connectivity index (χ4n) is 3.06. The molecule has 0 spiro atoms. The summed E-state index contributed by atoms with van der Waals surface area (Å²) in [5.41, 5.74) is 11.1. The van der Waals surface area contributed by atoms with E-state index in [2.05, 4.69) is 43.9 Å². The fourth-order valence-corrected chi connectivity index (χ4v) is 4.31. The average Bonchev–Trinajstić information content (AvgIpc) is 3.17. The zero-order valence-corrected chi connectivity index (χ0v) is 19.4. The summed E-state index contributed by atoms with van der Waals surface area (Å²) in [7, 11) is -0.578. The van der Waals surface area contributed by atoms with E-state index in [4.69, 9.17) is 18.6 Å². The predicted octanol–water partition coefficient (Wildman–Crippen LogP) is 6.54. The number of benzene rings is 2. The van der Waals surface area contributed by atoms with Crippen LogP contribution in [0.2, 0.25) is 18.1 Å². The molecule has 3 rings (SSSR count). The third kappa shape index (κ3) is 4.56. The molecule has 7 nitrogen and oxygen atoms in total. The van der Waals surface area contributed by atoms with Crippen LogP contribution in [0.5, 0.6) is 17.2 Å². The predicted molar refractivity (Wildman–Crippen MR) is 118 cm³/mol. The van der Waals surface area contributed by atoms with Crippen molar-refractivity contribution in [3.8, 4) is 17.2 Å². The van der Waals surface area contributed by atoms with E-state index in [1.54, 1.807) is 7.11 Å². The summed E-state index contributed by atoms with van der Waals surface area (Å²) in [5, 5.41) is 4.14. The maximum Gasteiger partial charge on any atom is 0.231 e. The lowest BCUT2D eigenvalue weighted by atomic mass is 9.96. The summed E-state index contributed by atoms with van der Waals surface area (Å²) in [6.45, 7) is 11.1. The maximum absolute atomic E-state index is 9.35. The highest BCUT2D eigenvalue weighted by molar-refractivity contribution is 6.74. The molecular weight excluding hydrogens is 398 g/mol. The lowest BCUT2D eigenvalue weighted by molar-refractivity contribution is 0.153. The molecule has 0 radical (unpaired) electrons. The van der Waals surface area contributed by atoms with Gasteiger partial charge in [0.1, 0.15) is 5.75 Å². The molecule has 0 fully saturated rings. The maximum atomic E-state index is 9.35. The van der Waals surface area contributed by atoms with Crippen LogP contribution in [-0.4, -0.2) is 22.2 Å². The summed E-state index contributed by atoms with van der Waals surface area (Å²) in [6, 6.07) is 12.7. The molecular formula is C22H29N3O4Si. The lowest BCUT2D eigenvalue weighted by Gasteiger charge is -2.41. The van der Waals surface area contributed by atoms with Gasteiger partial charge in [-0.3, -0.25) is 0 Å². The van der Waals surface area contributed by atoms with Crippen molar-refractivity contribution in [2.45, 2.75) is 51.0 Å². The second-order valence-corrected chi connectivity index (χ2v) is 13.6. The Morgan fingerprint density at radius 3 is 2.27 bits per heavy atom. The molecule has 0 saturated heterocycles. The smallest absolute Gasteiger partial charge is 0.231 e. The molecule has 0 N–H and O–H groups in total. The first-order valence-electron chi connectivity index (χ1n) is 9.92. The summed E-state index contributed by atoms with van der Waals surface area (Å²) in [6.07, 6.45) is -0.468. The molecule has 8 heteroatoms. The number of azide groups is 1. The van der Waals surface area contributed by atoms with E-state index in [9.17, 15) is 5.53 Å². The highest BCUT2D eigenvalue weighted by atomic mass is 28.4. The van der Waals surface area contributed by atoms with Crippen LogP contribution in [0.1, 0.15) is 44.0 Å². The van der Waals surface area contributed by atoms with Crippen LogP contribution in [-0.2, 0) is 4.43 Å². The van der Waals surface area contributed by atoms with Gasteiger partial charge in [0.2, 0.25) is 6.79 Å². The van der Waals surface area contributed by atoms with Crippen molar-refractivity contribution in [2.24, 2.45) is 5.11 Å². The summed E-state index contributed by atoms with van der Waals surface area (Å²) in [5.74, 6) is 2.11. The van der Waals surface area contributed by atoms with Gasteiger partial charge in [0.05, 0.1) is 19.3 Å². The average molecular weight is 428 g/mol. The standard InChI is InChI=1S/C22H29N3O4Si/c1-22(2,3)30(5,6)29-21(16-9-12-18-19(13-16)28-14-27-18)20(24-25-23)15-7-10-17(26-4)11-8-15/h7-13,20-21H,14H2,1-6H3/t20-,21+/m0/s1. The normalized spacial score (nSPS) is 15.3. The SMILES string of the molecule is COc1ccc([C@H](N=[N+]=[N-])[C@H](O[Si](C)(C)C(C)(C)C)c2ccc3c(c2)OCO3)cc1. The molecule has 160 valence electrons. The Labute approximate surface area is 178 Å². The summed E-state index contributed by atoms with van der Waals surface area (Å²) >= 11 is 0. The minimum Gasteiger partial charge on any atom is -0.497 e. The van der Waals surface area contributed by atoms with Crippen LogP contribution in [0, 0.1) is 0 Å². The molecule has 2 aromatic carbocycles. The van der Waals surface area contributed by atoms with E-state index in [-0.39, 0.29) is 11.8 Å². The van der Waals surface area contributed by atoms with Gasteiger partial charge in [-0.2, -0.15) is 0 Å². The zero-order chi connectivity index (χ0) is 21.9. The van der Waals surface area contributed by atoms with Crippen LogP contribution < -0.4 is 14.2 Å². The Morgan fingerprint density at radius 1 is 1.03 bits per heavy atom. The first-order valence-corrected chi connectivity index (χ1v) is 12.8. The van der Waals surface area contributed by atoms with Crippen LogP contribution in [0.15, 0.2) is 47.6 Å². The van der Waals surface area contributed by atoms with Crippen molar-refractivity contribution in [1.29, 1.82) is 0 Å². The molecule has 2 atom stereocenters. The topological polar surface area (TPSA) is 85.7 Å². The second-order valence-electron chi connectivity index (χ2n) is 8.83. The van der Waals surface area contributed by atoms with Crippen LogP contribution >= 0.6 is 0 Å². The van der Waals surface area contributed by atoms with Gasteiger partial charge < -0.3 is 18.6 Å². The lowest BCUT2D eigenvalue weighted by Crippen LogP contribution is -2.42. The van der Waals surface area contributed by atoms with E-state index in [0.717, 1.165) is 16.9 Å². The van der Waals surface area contributed by atoms with E-state index in [0.29, 0.717) is 11.5 Å². The molecule has 1 aliphatic rings. The van der Waals surface area contributed by atoms with Crippen molar-refractivity contribution in [3.05, 3.63) is 64.0 Å². The van der Waals surface area contributed by atoms with Gasteiger partial charge >= 0.3 is 0 Å².